The van der Waals surface area contributed by atoms with Crippen LogP contribution in [0, 0.1) is 0 Å². The van der Waals surface area contributed by atoms with Crippen LogP contribution in [0.5, 0.6) is 5.75 Å². The van der Waals surface area contributed by atoms with Crippen molar-refractivity contribution in [1.29, 1.82) is 0 Å². The van der Waals surface area contributed by atoms with E-state index in [1.165, 1.54) is 18.3 Å². The van der Waals surface area contributed by atoms with E-state index in [-0.39, 0.29) is 29.6 Å². The maximum Gasteiger partial charge on any atom is 0.358 e. The van der Waals surface area contributed by atoms with E-state index in [2.05, 4.69) is 4.98 Å². The second-order valence-electron chi connectivity index (χ2n) is 3.24. The highest BCUT2D eigenvalue weighted by Gasteiger charge is 2.13. The van der Waals surface area contributed by atoms with Gasteiger partial charge in [0.1, 0.15) is 6.61 Å². The molecule has 0 unspecified atom stereocenters. The lowest BCUT2D eigenvalue weighted by Gasteiger charge is -2.07. The Kier molecular flexibility index (Phi) is 4.45. The third-order valence-corrected chi connectivity index (χ3v) is 3.73. The minimum absolute atomic E-state index is 0.0369. The lowest BCUT2D eigenvalue weighted by molar-refractivity contribution is 0.0685. The molecule has 1 aromatic rings. The molecule has 0 aliphatic rings. The Bertz CT molecular complexity index is 497. The van der Waals surface area contributed by atoms with Crippen molar-refractivity contribution in [3.63, 3.8) is 0 Å². The number of pyridine rings is 1. The molecule has 0 spiro atoms. The molecule has 0 aliphatic carbocycles. The smallest absolute Gasteiger partial charge is 0.358 e. The van der Waals surface area contributed by atoms with Gasteiger partial charge in [-0.2, -0.15) is 0 Å². The minimum atomic E-state index is -3.12. The molecule has 0 bridgehead atoms. The largest absolute Gasteiger partial charge is 0.490 e. The first kappa shape index (κ1) is 13.4. The molecular weight excluding hydrogens is 246 g/mol. The van der Waals surface area contributed by atoms with Crippen LogP contribution in [0.2, 0.25) is 0 Å². The van der Waals surface area contributed by atoms with Crippen LogP contribution in [0.4, 0.5) is 0 Å². The summed E-state index contributed by atoms with van der Waals surface area (Å²) in [7, 11) is -3.12. The highest BCUT2D eigenvalue weighted by atomic mass is 32.2. The molecule has 0 aromatic carbocycles. The molecule has 6 nitrogen and oxygen atoms in total. The molecule has 0 atom stereocenters. The molecule has 0 fully saturated rings. The fraction of sp³-hybridized carbons (Fsp3) is 0.400. The zero-order chi connectivity index (χ0) is 12.9. The highest BCUT2D eigenvalue weighted by molar-refractivity contribution is 7.91. The molecule has 0 saturated carbocycles. The monoisotopic (exact) mass is 259 g/mol. The number of nitrogens with zero attached hydrogens (tertiary/aromatic N) is 1. The lowest BCUT2D eigenvalue weighted by atomic mass is 10.3. The van der Waals surface area contributed by atoms with Crippen molar-refractivity contribution < 1.29 is 23.1 Å². The third kappa shape index (κ3) is 4.03. The van der Waals surface area contributed by atoms with Crippen molar-refractivity contribution in [2.75, 3.05) is 18.1 Å². The predicted molar refractivity (Wildman–Crippen MR) is 61.0 cm³/mol. The van der Waals surface area contributed by atoms with Gasteiger partial charge in [-0.25, -0.2) is 18.2 Å². The molecule has 0 saturated heterocycles. The van der Waals surface area contributed by atoms with Gasteiger partial charge in [0, 0.05) is 11.9 Å². The van der Waals surface area contributed by atoms with Crippen molar-refractivity contribution >= 4 is 15.8 Å². The molecular formula is C10H13NO5S. The van der Waals surface area contributed by atoms with Gasteiger partial charge >= 0.3 is 5.97 Å². The standard InChI is InChI=1S/C10H13NO5S/c1-2-17(14,15)7-6-16-8-4-3-5-11-9(8)10(12)13/h3-5H,2,6-7H2,1H3,(H,12,13). The van der Waals surface area contributed by atoms with Gasteiger partial charge in [-0.3, -0.25) is 0 Å². The Labute approximate surface area is 99.2 Å². The predicted octanol–water partition coefficient (Wildman–Crippen LogP) is 0.593. The molecule has 1 N–H and O–H groups in total. The lowest BCUT2D eigenvalue weighted by Crippen LogP contribution is -2.16. The first-order valence-electron chi connectivity index (χ1n) is 4.98. The van der Waals surface area contributed by atoms with E-state index in [0.29, 0.717) is 0 Å². The number of ether oxygens (including phenoxy) is 1. The van der Waals surface area contributed by atoms with Crippen LogP contribution in [-0.2, 0) is 9.84 Å². The Hall–Kier alpha value is -1.63. The van der Waals surface area contributed by atoms with Crippen LogP contribution in [0.3, 0.4) is 0 Å². The molecule has 1 rings (SSSR count). The summed E-state index contributed by atoms with van der Waals surface area (Å²) >= 11 is 0. The Morgan fingerprint density at radius 3 is 2.82 bits per heavy atom. The van der Waals surface area contributed by atoms with Gasteiger partial charge in [-0.05, 0) is 12.1 Å². The third-order valence-electron chi connectivity index (χ3n) is 2.06. The van der Waals surface area contributed by atoms with E-state index >= 15 is 0 Å². The normalized spacial score (nSPS) is 11.1. The number of hydrogen-bond acceptors (Lipinski definition) is 5. The minimum Gasteiger partial charge on any atom is -0.490 e. The summed E-state index contributed by atoms with van der Waals surface area (Å²) in [6.45, 7) is 1.46. The van der Waals surface area contributed by atoms with Gasteiger partial charge in [-0.15, -0.1) is 0 Å². The number of rotatable bonds is 6. The summed E-state index contributed by atoms with van der Waals surface area (Å²) in [5, 5.41) is 8.81. The first-order valence-corrected chi connectivity index (χ1v) is 6.80. The number of hydrogen-bond donors (Lipinski definition) is 1. The zero-order valence-corrected chi connectivity index (χ0v) is 10.1. The van der Waals surface area contributed by atoms with Crippen LogP contribution in [0.1, 0.15) is 17.4 Å². The van der Waals surface area contributed by atoms with E-state index in [1.54, 1.807) is 6.92 Å². The molecule has 7 heteroatoms. The molecule has 0 radical (unpaired) electrons. The number of aromatic nitrogens is 1. The van der Waals surface area contributed by atoms with E-state index < -0.39 is 15.8 Å². The SMILES string of the molecule is CCS(=O)(=O)CCOc1cccnc1C(=O)O. The van der Waals surface area contributed by atoms with Crippen molar-refractivity contribution in [1.82, 2.24) is 4.98 Å². The van der Waals surface area contributed by atoms with Crippen LogP contribution < -0.4 is 4.74 Å². The fourth-order valence-electron chi connectivity index (χ4n) is 1.09. The average molecular weight is 259 g/mol. The summed E-state index contributed by atoms with van der Waals surface area (Å²) in [5.41, 5.74) is -0.221. The van der Waals surface area contributed by atoms with Gasteiger partial charge in [0.05, 0.1) is 5.75 Å². The van der Waals surface area contributed by atoms with E-state index in [9.17, 15) is 13.2 Å². The number of carbonyl (C=O) groups is 1. The second kappa shape index (κ2) is 5.62. The molecule has 0 amide bonds. The van der Waals surface area contributed by atoms with Gasteiger partial charge < -0.3 is 9.84 Å². The van der Waals surface area contributed by atoms with Gasteiger partial charge in [0.25, 0.3) is 0 Å². The molecule has 1 heterocycles. The van der Waals surface area contributed by atoms with Crippen LogP contribution in [0.15, 0.2) is 18.3 Å². The molecule has 1 aromatic heterocycles. The average Bonchev–Trinajstić information content (AvgIpc) is 2.29. The van der Waals surface area contributed by atoms with E-state index in [1.807, 2.05) is 0 Å². The van der Waals surface area contributed by atoms with Crippen LogP contribution in [-0.4, -0.2) is 42.6 Å². The second-order valence-corrected chi connectivity index (χ2v) is 5.71. The zero-order valence-electron chi connectivity index (χ0n) is 9.29. The number of aromatic carboxylic acids is 1. The highest BCUT2D eigenvalue weighted by Crippen LogP contribution is 2.14. The summed E-state index contributed by atoms with van der Waals surface area (Å²) in [5.74, 6) is -1.24. The van der Waals surface area contributed by atoms with E-state index in [4.69, 9.17) is 9.84 Å². The quantitative estimate of drug-likeness (QED) is 0.803. The van der Waals surface area contributed by atoms with Crippen LogP contribution >= 0.6 is 0 Å². The molecule has 17 heavy (non-hydrogen) atoms. The maximum absolute atomic E-state index is 11.2. The summed E-state index contributed by atoms with van der Waals surface area (Å²) in [4.78, 5) is 14.4. The Morgan fingerprint density at radius 2 is 2.24 bits per heavy atom. The number of sulfone groups is 1. The Morgan fingerprint density at radius 1 is 1.53 bits per heavy atom. The summed E-state index contributed by atoms with van der Waals surface area (Å²) < 4.78 is 27.5. The van der Waals surface area contributed by atoms with Crippen molar-refractivity contribution in [3.05, 3.63) is 24.0 Å². The number of carboxylic acids is 1. The van der Waals surface area contributed by atoms with Gasteiger partial charge in [-0.1, -0.05) is 6.92 Å². The summed E-state index contributed by atoms with van der Waals surface area (Å²) in [6.07, 6.45) is 1.33. The van der Waals surface area contributed by atoms with Crippen molar-refractivity contribution in [2.45, 2.75) is 6.92 Å². The van der Waals surface area contributed by atoms with Crippen molar-refractivity contribution in [3.8, 4) is 5.75 Å². The van der Waals surface area contributed by atoms with Crippen LogP contribution in [0.25, 0.3) is 0 Å². The fourth-order valence-corrected chi connectivity index (χ4v) is 1.72. The van der Waals surface area contributed by atoms with E-state index in [0.717, 1.165) is 0 Å². The topological polar surface area (TPSA) is 93.6 Å². The first-order chi connectivity index (χ1) is 7.96. The summed E-state index contributed by atoms with van der Waals surface area (Å²) in [6, 6.07) is 2.96. The maximum atomic E-state index is 11.2. The van der Waals surface area contributed by atoms with Gasteiger partial charge in [0.2, 0.25) is 0 Å². The Balaban J connectivity index is 2.67. The van der Waals surface area contributed by atoms with Gasteiger partial charge in [0.15, 0.2) is 21.3 Å². The molecule has 0 aliphatic heterocycles. The van der Waals surface area contributed by atoms with Crippen molar-refractivity contribution in [2.24, 2.45) is 0 Å². The number of carboxylic acid groups (broad SMARTS) is 1. The molecule has 94 valence electrons.